The summed E-state index contributed by atoms with van der Waals surface area (Å²) >= 11 is 6.00. The van der Waals surface area contributed by atoms with Crippen LogP contribution >= 0.6 is 11.6 Å². The Morgan fingerprint density at radius 2 is 2.00 bits per heavy atom. The Bertz CT molecular complexity index is 569. The molecule has 0 radical (unpaired) electrons. The van der Waals surface area contributed by atoms with Crippen LogP contribution in [0.2, 0.25) is 5.02 Å². The maximum absolute atomic E-state index is 6.00. The molecule has 0 bridgehead atoms. The first-order chi connectivity index (χ1) is 9.08. The molecule has 2 aromatic rings. The molecule has 0 saturated heterocycles. The number of pyridine rings is 1. The van der Waals surface area contributed by atoms with E-state index in [9.17, 15) is 0 Å². The van der Waals surface area contributed by atoms with Gasteiger partial charge in [-0.1, -0.05) is 23.7 Å². The van der Waals surface area contributed by atoms with Gasteiger partial charge in [0, 0.05) is 30.9 Å². The molecule has 0 saturated carbocycles. The van der Waals surface area contributed by atoms with Gasteiger partial charge in [0.1, 0.15) is 5.82 Å². The van der Waals surface area contributed by atoms with Gasteiger partial charge >= 0.3 is 0 Å². The fraction of sp³-hybridized carbons (Fsp3) is 0.267. The molecule has 0 spiro atoms. The van der Waals surface area contributed by atoms with E-state index < -0.39 is 0 Å². The van der Waals surface area contributed by atoms with Crippen molar-refractivity contribution >= 4 is 17.4 Å². The number of hydrogen-bond donors (Lipinski definition) is 1. The largest absolute Gasteiger partial charge is 0.355 e. The SMILES string of the molecule is Cc1cc(CN)cc(N(C)Cc2cccc(Cl)c2)n1. The first-order valence-corrected chi connectivity index (χ1v) is 6.59. The van der Waals surface area contributed by atoms with Crippen LogP contribution in [0, 0.1) is 6.92 Å². The highest BCUT2D eigenvalue weighted by molar-refractivity contribution is 6.30. The molecule has 100 valence electrons. The van der Waals surface area contributed by atoms with E-state index in [-0.39, 0.29) is 0 Å². The Morgan fingerprint density at radius 1 is 1.21 bits per heavy atom. The maximum atomic E-state index is 6.00. The average Bonchev–Trinajstić information content (AvgIpc) is 2.38. The van der Waals surface area contributed by atoms with Crippen LogP contribution in [0.3, 0.4) is 0 Å². The summed E-state index contributed by atoms with van der Waals surface area (Å²) in [6.45, 7) is 3.28. The lowest BCUT2D eigenvalue weighted by Crippen LogP contribution is -2.18. The predicted octanol–water partition coefficient (Wildman–Crippen LogP) is 3.14. The van der Waals surface area contributed by atoms with Crippen LogP contribution in [0.5, 0.6) is 0 Å². The van der Waals surface area contributed by atoms with Gasteiger partial charge < -0.3 is 10.6 Å². The van der Waals surface area contributed by atoms with Crippen molar-refractivity contribution in [1.29, 1.82) is 0 Å². The number of benzene rings is 1. The number of aromatic nitrogens is 1. The lowest BCUT2D eigenvalue weighted by molar-refractivity contribution is 0.885. The molecule has 0 amide bonds. The molecule has 0 unspecified atom stereocenters. The van der Waals surface area contributed by atoms with E-state index in [1.54, 1.807) is 0 Å². The van der Waals surface area contributed by atoms with Crippen molar-refractivity contribution in [1.82, 2.24) is 4.98 Å². The molecule has 3 nitrogen and oxygen atoms in total. The summed E-state index contributed by atoms with van der Waals surface area (Å²) in [6, 6.07) is 11.9. The molecule has 1 aromatic carbocycles. The Morgan fingerprint density at radius 3 is 2.68 bits per heavy atom. The fourth-order valence-corrected chi connectivity index (χ4v) is 2.24. The van der Waals surface area contributed by atoms with Gasteiger partial charge in [0.2, 0.25) is 0 Å². The number of hydrogen-bond acceptors (Lipinski definition) is 3. The van der Waals surface area contributed by atoms with Crippen molar-refractivity contribution in [2.75, 3.05) is 11.9 Å². The lowest BCUT2D eigenvalue weighted by atomic mass is 10.2. The molecule has 1 heterocycles. The van der Waals surface area contributed by atoms with Crippen LogP contribution in [0.15, 0.2) is 36.4 Å². The van der Waals surface area contributed by atoms with Gasteiger partial charge in [0.05, 0.1) is 0 Å². The third-order valence-corrected chi connectivity index (χ3v) is 3.17. The summed E-state index contributed by atoms with van der Waals surface area (Å²) in [4.78, 5) is 6.63. The van der Waals surface area contributed by atoms with Gasteiger partial charge in [0.25, 0.3) is 0 Å². The smallest absolute Gasteiger partial charge is 0.129 e. The number of nitrogens with zero attached hydrogens (tertiary/aromatic N) is 2. The minimum atomic E-state index is 0.529. The van der Waals surface area contributed by atoms with E-state index in [1.165, 1.54) is 0 Å². The van der Waals surface area contributed by atoms with Crippen LogP contribution in [0.4, 0.5) is 5.82 Å². The van der Waals surface area contributed by atoms with Gasteiger partial charge in [-0.15, -0.1) is 0 Å². The summed E-state index contributed by atoms with van der Waals surface area (Å²) in [6.07, 6.45) is 0. The van der Waals surface area contributed by atoms with Gasteiger partial charge in [0.15, 0.2) is 0 Å². The summed E-state index contributed by atoms with van der Waals surface area (Å²) in [5, 5.41) is 0.755. The molecule has 2 N–H and O–H groups in total. The van der Waals surface area contributed by atoms with Crippen molar-refractivity contribution in [3.63, 3.8) is 0 Å². The average molecular weight is 276 g/mol. The zero-order chi connectivity index (χ0) is 13.8. The molecule has 0 fully saturated rings. The van der Waals surface area contributed by atoms with Gasteiger partial charge in [-0.3, -0.25) is 0 Å². The minimum absolute atomic E-state index is 0.529. The number of anilines is 1. The number of aryl methyl sites for hydroxylation is 1. The van der Waals surface area contributed by atoms with Crippen molar-refractivity contribution < 1.29 is 0 Å². The first kappa shape index (κ1) is 13.8. The summed E-state index contributed by atoms with van der Waals surface area (Å²) in [5.74, 6) is 0.931. The van der Waals surface area contributed by atoms with Gasteiger partial charge in [-0.25, -0.2) is 4.98 Å². The van der Waals surface area contributed by atoms with Crippen molar-refractivity contribution in [3.05, 3.63) is 58.2 Å². The van der Waals surface area contributed by atoms with E-state index in [0.717, 1.165) is 34.2 Å². The molecule has 0 aliphatic rings. The number of rotatable bonds is 4. The standard InChI is InChI=1S/C15H18ClN3/c1-11-6-13(9-17)8-15(18-11)19(2)10-12-4-3-5-14(16)7-12/h3-8H,9-10,17H2,1-2H3. The second kappa shape index (κ2) is 6.04. The topological polar surface area (TPSA) is 42.1 Å². The second-order valence-corrected chi connectivity index (χ2v) is 5.10. The van der Waals surface area contributed by atoms with E-state index in [1.807, 2.05) is 44.3 Å². The van der Waals surface area contributed by atoms with Gasteiger partial charge in [-0.05, 0) is 42.3 Å². The summed E-state index contributed by atoms with van der Waals surface area (Å²) in [7, 11) is 2.02. The third-order valence-electron chi connectivity index (χ3n) is 2.94. The summed E-state index contributed by atoms with van der Waals surface area (Å²) in [5.41, 5.74) is 8.94. The normalized spacial score (nSPS) is 10.5. The van der Waals surface area contributed by atoms with E-state index in [4.69, 9.17) is 17.3 Å². The third kappa shape index (κ3) is 3.69. The highest BCUT2D eigenvalue weighted by atomic mass is 35.5. The van der Waals surface area contributed by atoms with Crippen LogP contribution in [0.1, 0.15) is 16.8 Å². The highest BCUT2D eigenvalue weighted by Gasteiger charge is 2.06. The van der Waals surface area contributed by atoms with Crippen molar-refractivity contribution in [2.24, 2.45) is 5.73 Å². The Balaban J connectivity index is 2.20. The van der Waals surface area contributed by atoms with Crippen molar-refractivity contribution in [2.45, 2.75) is 20.0 Å². The monoisotopic (exact) mass is 275 g/mol. The van der Waals surface area contributed by atoms with E-state index in [0.29, 0.717) is 6.54 Å². The molecule has 19 heavy (non-hydrogen) atoms. The lowest BCUT2D eigenvalue weighted by Gasteiger charge is -2.19. The molecular formula is C15H18ClN3. The van der Waals surface area contributed by atoms with E-state index >= 15 is 0 Å². The molecule has 2 rings (SSSR count). The fourth-order valence-electron chi connectivity index (χ4n) is 2.02. The Hall–Kier alpha value is -1.58. The van der Waals surface area contributed by atoms with Crippen LogP contribution in [-0.2, 0) is 13.1 Å². The van der Waals surface area contributed by atoms with Crippen LogP contribution in [-0.4, -0.2) is 12.0 Å². The summed E-state index contributed by atoms with van der Waals surface area (Å²) < 4.78 is 0. The van der Waals surface area contributed by atoms with Crippen LogP contribution in [0.25, 0.3) is 0 Å². The maximum Gasteiger partial charge on any atom is 0.129 e. The Kier molecular flexibility index (Phi) is 4.40. The molecule has 0 aliphatic heterocycles. The van der Waals surface area contributed by atoms with E-state index in [2.05, 4.69) is 16.0 Å². The molecular weight excluding hydrogens is 258 g/mol. The zero-order valence-corrected chi connectivity index (χ0v) is 12.0. The quantitative estimate of drug-likeness (QED) is 0.932. The first-order valence-electron chi connectivity index (χ1n) is 6.21. The Labute approximate surface area is 119 Å². The van der Waals surface area contributed by atoms with Gasteiger partial charge in [-0.2, -0.15) is 0 Å². The molecule has 0 atom stereocenters. The highest BCUT2D eigenvalue weighted by Crippen LogP contribution is 2.17. The van der Waals surface area contributed by atoms with Crippen molar-refractivity contribution in [3.8, 4) is 0 Å². The molecule has 1 aromatic heterocycles. The van der Waals surface area contributed by atoms with Crippen LogP contribution < -0.4 is 10.6 Å². The molecule has 4 heteroatoms. The zero-order valence-electron chi connectivity index (χ0n) is 11.2. The minimum Gasteiger partial charge on any atom is -0.355 e. The molecule has 0 aliphatic carbocycles. The second-order valence-electron chi connectivity index (χ2n) is 4.67. The predicted molar refractivity (Wildman–Crippen MR) is 80.4 cm³/mol. The number of halogens is 1. The number of nitrogens with two attached hydrogens (primary N) is 1.